The molecule has 0 radical (unpaired) electrons. The quantitative estimate of drug-likeness (QED) is 0.652. The Balaban J connectivity index is 2.22. The summed E-state index contributed by atoms with van der Waals surface area (Å²) in [7, 11) is 1.45. The first kappa shape index (κ1) is 23.4. The number of benzene rings is 2. The fourth-order valence-corrected chi connectivity index (χ4v) is 5.16. The number of nitrogens with zero attached hydrogens (tertiary/aromatic N) is 2. The maximum absolute atomic E-state index is 14.6. The number of thioether (sulfide) groups is 1. The predicted octanol–water partition coefficient (Wildman–Crippen LogP) is 4.39. The molecule has 0 spiro atoms. The van der Waals surface area contributed by atoms with E-state index in [4.69, 9.17) is 10.5 Å². The zero-order chi connectivity index (χ0) is 22.6. The number of halogens is 2. The number of rotatable bonds is 8. The zero-order valence-corrected chi connectivity index (χ0v) is 18.7. The van der Waals surface area contributed by atoms with Crippen LogP contribution >= 0.6 is 11.8 Å². The number of hydrazone groups is 1. The van der Waals surface area contributed by atoms with E-state index in [-0.39, 0.29) is 16.5 Å². The lowest BCUT2D eigenvalue weighted by atomic mass is 9.93. The van der Waals surface area contributed by atoms with E-state index in [0.717, 1.165) is 35.7 Å². The molecule has 166 valence electrons. The third-order valence-corrected chi connectivity index (χ3v) is 6.84. The van der Waals surface area contributed by atoms with Crippen LogP contribution in [0.1, 0.15) is 43.4 Å². The molecule has 1 aliphatic heterocycles. The molecule has 1 unspecified atom stereocenters. The minimum absolute atomic E-state index is 0.0245. The lowest BCUT2D eigenvalue weighted by Crippen LogP contribution is -2.46. The lowest BCUT2D eigenvalue weighted by Gasteiger charge is -2.38. The third-order valence-electron chi connectivity index (χ3n) is 5.41. The average molecular weight is 448 g/mol. The van der Waals surface area contributed by atoms with E-state index >= 15 is 0 Å². The van der Waals surface area contributed by atoms with E-state index in [0.29, 0.717) is 19.4 Å². The van der Waals surface area contributed by atoms with Crippen LogP contribution in [0.15, 0.2) is 47.6 Å². The van der Waals surface area contributed by atoms with Gasteiger partial charge in [0.05, 0.1) is 0 Å². The molecule has 1 amide bonds. The maximum atomic E-state index is 14.6. The standard InChI is InChI=1S/C23H27F2N3O2S/c1-4-16-8-5-6-9-19(16)23(12-7-13-26)28(22(29)15(2)30-3)27-21(31-23)18-14-17(24)10-11-20(18)25/h5-6,8-11,14-15H,4,7,12-13,26H2,1-3H3/t15-,23?/m0/s1. The Morgan fingerprint density at radius 2 is 2.03 bits per heavy atom. The van der Waals surface area contributed by atoms with Crippen LogP contribution in [-0.2, 0) is 20.8 Å². The average Bonchev–Trinajstić information content (AvgIpc) is 3.18. The molecule has 31 heavy (non-hydrogen) atoms. The van der Waals surface area contributed by atoms with Crippen LogP contribution in [0.2, 0.25) is 0 Å². The van der Waals surface area contributed by atoms with E-state index < -0.39 is 22.6 Å². The molecular formula is C23H27F2N3O2S. The van der Waals surface area contributed by atoms with Gasteiger partial charge in [-0.3, -0.25) is 4.79 Å². The van der Waals surface area contributed by atoms with Crippen molar-refractivity contribution in [3.05, 3.63) is 70.8 Å². The zero-order valence-electron chi connectivity index (χ0n) is 17.9. The van der Waals surface area contributed by atoms with Crippen LogP contribution in [0.4, 0.5) is 8.78 Å². The smallest absolute Gasteiger partial charge is 0.273 e. The first-order valence-corrected chi connectivity index (χ1v) is 11.1. The van der Waals surface area contributed by atoms with Crippen LogP contribution < -0.4 is 5.73 Å². The Kier molecular flexibility index (Phi) is 7.46. The van der Waals surface area contributed by atoms with Gasteiger partial charge in [-0.1, -0.05) is 43.0 Å². The summed E-state index contributed by atoms with van der Waals surface area (Å²) in [5.41, 5.74) is 7.80. The monoisotopic (exact) mass is 447 g/mol. The highest BCUT2D eigenvalue weighted by Gasteiger charge is 2.50. The lowest BCUT2D eigenvalue weighted by molar-refractivity contribution is -0.144. The van der Waals surface area contributed by atoms with Gasteiger partial charge in [0.1, 0.15) is 27.7 Å². The summed E-state index contributed by atoms with van der Waals surface area (Å²) in [4.78, 5) is 12.4. The van der Waals surface area contributed by atoms with Gasteiger partial charge in [0, 0.05) is 12.7 Å². The van der Waals surface area contributed by atoms with Gasteiger partial charge in [-0.15, -0.1) is 0 Å². The molecule has 3 rings (SSSR count). The van der Waals surface area contributed by atoms with E-state index in [9.17, 15) is 13.6 Å². The summed E-state index contributed by atoms with van der Waals surface area (Å²) in [5, 5.41) is 6.15. The van der Waals surface area contributed by atoms with E-state index in [1.54, 1.807) is 6.92 Å². The van der Waals surface area contributed by atoms with Crippen molar-refractivity contribution in [2.75, 3.05) is 13.7 Å². The summed E-state index contributed by atoms with van der Waals surface area (Å²) in [6, 6.07) is 11.0. The molecule has 0 saturated carbocycles. The van der Waals surface area contributed by atoms with Gasteiger partial charge in [0.15, 0.2) is 0 Å². The summed E-state index contributed by atoms with van der Waals surface area (Å²) >= 11 is 1.26. The summed E-state index contributed by atoms with van der Waals surface area (Å²) < 4.78 is 33.8. The molecule has 2 atom stereocenters. The first-order valence-electron chi connectivity index (χ1n) is 10.3. The second-order valence-corrected chi connectivity index (χ2v) is 8.61. The van der Waals surface area contributed by atoms with Crippen LogP contribution in [0.5, 0.6) is 0 Å². The fourth-order valence-electron chi connectivity index (χ4n) is 3.68. The van der Waals surface area contributed by atoms with E-state index in [1.807, 2.05) is 31.2 Å². The molecular weight excluding hydrogens is 420 g/mol. The van der Waals surface area contributed by atoms with Gasteiger partial charge in [-0.2, -0.15) is 5.10 Å². The predicted molar refractivity (Wildman–Crippen MR) is 120 cm³/mol. The highest BCUT2D eigenvalue weighted by molar-refractivity contribution is 8.15. The van der Waals surface area contributed by atoms with Gasteiger partial charge in [-0.05, 0) is 62.1 Å². The number of carbonyl (C=O) groups excluding carboxylic acids is 1. The maximum Gasteiger partial charge on any atom is 0.273 e. The van der Waals surface area contributed by atoms with Gasteiger partial charge in [-0.25, -0.2) is 13.8 Å². The Morgan fingerprint density at radius 1 is 1.29 bits per heavy atom. The third kappa shape index (κ3) is 4.51. The number of amides is 1. The highest BCUT2D eigenvalue weighted by atomic mass is 32.2. The second kappa shape index (κ2) is 9.89. The molecule has 0 bridgehead atoms. The van der Waals surface area contributed by atoms with Crippen molar-refractivity contribution in [2.45, 2.75) is 44.1 Å². The van der Waals surface area contributed by atoms with Crippen molar-refractivity contribution in [1.82, 2.24) is 5.01 Å². The molecule has 1 heterocycles. The molecule has 0 aliphatic carbocycles. The molecule has 1 aliphatic rings. The minimum atomic E-state index is -0.941. The normalized spacial score (nSPS) is 19.4. The fraction of sp³-hybridized carbons (Fsp3) is 0.391. The molecule has 5 nitrogen and oxygen atoms in total. The van der Waals surface area contributed by atoms with Crippen molar-refractivity contribution < 1.29 is 18.3 Å². The van der Waals surface area contributed by atoms with Gasteiger partial charge in [0.25, 0.3) is 5.91 Å². The van der Waals surface area contributed by atoms with Crippen molar-refractivity contribution >= 4 is 22.7 Å². The topological polar surface area (TPSA) is 67.9 Å². The number of aryl methyl sites for hydroxylation is 1. The van der Waals surface area contributed by atoms with Gasteiger partial charge in [0.2, 0.25) is 0 Å². The minimum Gasteiger partial charge on any atom is -0.372 e. The number of carbonyl (C=O) groups is 1. The number of ether oxygens (including phenoxy) is 1. The molecule has 0 fully saturated rings. The molecule has 0 aromatic heterocycles. The second-order valence-electron chi connectivity index (χ2n) is 7.35. The number of hydrogen-bond donors (Lipinski definition) is 1. The van der Waals surface area contributed by atoms with Crippen LogP contribution in [0.3, 0.4) is 0 Å². The molecule has 2 aromatic rings. The molecule has 2 N–H and O–H groups in total. The highest BCUT2D eigenvalue weighted by Crippen LogP contribution is 2.51. The van der Waals surface area contributed by atoms with E-state index in [2.05, 4.69) is 5.10 Å². The Labute approximate surface area is 185 Å². The number of hydrogen-bond acceptors (Lipinski definition) is 5. The molecule has 8 heteroatoms. The van der Waals surface area contributed by atoms with Crippen molar-refractivity contribution in [1.29, 1.82) is 0 Å². The Bertz CT molecular complexity index is 985. The van der Waals surface area contributed by atoms with Gasteiger partial charge < -0.3 is 10.5 Å². The van der Waals surface area contributed by atoms with Crippen LogP contribution in [0, 0.1) is 11.6 Å². The largest absolute Gasteiger partial charge is 0.372 e. The summed E-state index contributed by atoms with van der Waals surface area (Å²) in [6.07, 6.45) is 1.10. The van der Waals surface area contributed by atoms with Crippen molar-refractivity contribution in [2.24, 2.45) is 10.8 Å². The summed E-state index contributed by atoms with van der Waals surface area (Å²) in [5.74, 6) is -1.53. The van der Waals surface area contributed by atoms with Gasteiger partial charge >= 0.3 is 0 Å². The summed E-state index contributed by atoms with van der Waals surface area (Å²) in [6.45, 7) is 4.10. The van der Waals surface area contributed by atoms with E-state index in [1.165, 1.54) is 23.9 Å². The number of nitrogens with two attached hydrogens (primary N) is 1. The van der Waals surface area contributed by atoms with Crippen LogP contribution in [0.25, 0.3) is 0 Å². The van der Waals surface area contributed by atoms with Crippen molar-refractivity contribution in [3.8, 4) is 0 Å². The SMILES string of the molecule is CCc1ccccc1C1(CCCN)SC(c2cc(F)ccc2F)=NN1C(=O)[C@H](C)OC. The Hall–Kier alpha value is -2.29. The Morgan fingerprint density at radius 3 is 2.71 bits per heavy atom. The first-order chi connectivity index (χ1) is 14.9. The van der Waals surface area contributed by atoms with Crippen LogP contribution in [-0.4, -0.2) is 35.7 Å². The van der Waals surface area contributed by atoms with Crippen molar-refractivity contribution in [3.63, 3.8) is 0 Å². The molecule has 2 aromatic carbocycles. The number of methoxy groups -OCH3 is 1. The molecule has 0 saturated heterocycles.